The zero-order valence-corrected chi connectivity index (χ0v) is 13.9. The average Bonchev–Trinajstić information content (AvgIpc) is 2.63. The number of nitrogens with one attached hydrogen (secondary N) is 3. The van der Waals surface area contributed by atoms with Gasteiger partial charge in [0.05, 0.1) is 5.56 Å². The molecule has 0 saturated heterocycles. The summed E-state index contributed by atoms with van der Waals surface area (Å²) in [6.45, 7) is 1.56. The maximum atomic E-state index is 12.6. The summed E-state index contributed by atoms with van der Waals surface area (Å²) in [6, 6.07) is 10.8. The van der Waals surface area contributed by atoms with Crippen LogP contribution < -0.4 is 16.0 Å². The molecular formula is C18H20N6O. The van der Waals surface area contributed by atoms with Gasteiger partial charge in [-0.3, -0.25) is 4.79 Å². The summed E-state index contributed by atoms with van der Waals surface area (Å²) in [7, 11) is 0. The van der Waals surface area contributed by atoms with Crippen LogP contribution in [-0.4, -0.2) is 29.0 Å². The highest BCUT2D eigenvalue weighted by Gasteiger charge is 2.13. The molecule has 0 fully saturated rings. The number of aromatic nitrogens is 2. The van der Waals surface area contributed by atoms with Crippen LogP contribution in [0.25, 0.3) is 0 Å². The Kier molecular flexibility index (Phi) is 5.42. The Morgan fingerprint density at radius 1 is 1.00 bits per heavy atom. The summed E-state index contributed by atoms with van der Waals surface area (Å²) >= 11 is 0. The molecule has 128 valence electrons. The fourth-order valence-electron chi connectivity index (χ4n) is 2.69. The minimum Gasteiger partial charge on any atom is -0.384 e. The number of nitrogens with zero attached hydrogens (tertiary/aromatic N) is 3. The summed E-state index contributed by atoms with van der Waals surface area (Å²) in [4.78, 5) is 21.1. The summed E-state index contributed by atoms with van der Waals surface area (Å²) in [5, 5.41) is 18.4. The maximum absolute atomic E-state index is 12.6. The number of rotatable bonds is 0. The normalized spacial score (nSPS) is 15.2. The first-order valence-corrected chi connectivity index (χ1v) is 8.43. The van der Waals surface area contributed by atoms with Crippen molar-refractivity contribution in [2.24, 2.45) is 0 Å². The van der Waals surface area contributed by atoms with E-state index in [4.69, 9.17) is 5.26 Å². The van der Waals surface area contributed by atoms with Gasteiger partial charge in [-0.1, -0.05) is 25.0 Å². The Morgan fingerprint density at radius 3 is 2.56 bits per heavy atom. The molecule has 3 N–H and O–H groups in total. The van der Waals surface area contributed by atoms with E-state index in [2.05, 4.69) is 25.9 Å². The molecule has 0 spiro atoms. The number of anilines is 3. The molecule has 3 rings (SSSR count). The molecule has 2 heterocycles. The number of nitriles is 1. The Labute approximate surface area is 146 Å². The van der Waals surface area contributed by atoms with Gasteiger partial charge in [-0.05, 0) is 25.0 Å². The number of hydrogen-bond donors (Lipinski definition) is 3. The van der Waals surface area contributed by atoms with Gasteiger partial charge in [0.25, 0.3) is 5.91 Å². The lowest BCUT2D eigenvalue weighted by Gasteiger charge is -2.12. The third-order valence-corrected chi connectivity index (χ3v) is 3.96. The van der Waals surface area contributed by atoms with Crippen LogP contribution in [0.3, 0.4) is 0 Å². The van der Waals surface area contributed by atoms with Crippen LogP contribution in [0.1, 0.15) is 41.7 Å². The lowest BCUT2D eigenvalue weighted by molar-refractivity contribution is 0.102. The number of para-hydroxylation sites is 1. The first-order chi connectivity index (χ1) is 12.3. The van der Waals surface area contributed by atoms with Crippen LogP contribution in [0.4, 0.5) is 17.5 Å². The second-order valence-corrected chi connectivity index (χ2v) is 5.84. The van der Waals surface area contributed by atoms with Crippen molar-refractivity contribution in [3.05, 3.63) is 41.6 Å². The quantitative estimate of drug-likeness (QED) is 0.683. The molecule has 0 unspecified atom stereocenters. The van der Waals surface area contributed by atoms with Crippen LogP contribution in [0.15, 0.2) is 30.3 Å². The van der Waals surface area contributed by atoms with Crippen LogP contribution in [0.2, 0.25) is 0 Å². The number of carbonyl (C=O) groups excluding carboxylic acids is 1. The minimum atomic E-state index is -0.272. The molecule has 7 heteroatoms. The van der Waals surface area contributed by atoms with Gasteiger partial charge in [0.15, 0.2) is 0 Å². The molecule has 1 aromatic carbocycles. The maximum Gasteiger partial charge on any atom is 0.258 e. The molecule has 1 aliphatic heterocycles. The minimum absolute atomic E-state index is 0.212. The summed E-state index contributed by atoms with van der Waals surface area (Å²) in [5.41, 5.74) is 1.55. The molecule has 0 radical (unpaired) electrons. The van der Waals surface area contributed by atoms with E-state index in [1.807, 2.05) is 24.3 Å². The van der Waals surface area contributed by atoms with E-state index in [9.17, 15) is 4.79 Å². The van der Waals surface area contributed by atoms with Crippen LogP contribution in [0, 0.1) is 11.3 Å². The number of amides is 1. The van der Waals surface area contributed by atoms with Gasteiger partial charge in [-0.25, -0.2) is 4.98 Å². The number of fused-ring (bicyclic) bond motifs is 3. The van der Waals surface area contributed by atoms with Crippen LogP contribution >= 0.6 is 0 Å². The number of carbonyl (C=O) groups is 1. The van der Waals surface area contributed by atoms with Crippen molar-refractivity contribution < 1.29 is 4.79 Å². The topological polar surface area (TPSA) is 103 Å². The first kappa shape index (κ1) is 16.7. The third-order valence-electron chi connectivity index (χ3n) is 3.96. The van der Waals surface area contributed by atoms with Crippen LogP contribution in [-0.2, 0) is 0 Å². The molecule has 1 aliphatic rings. The van der Waals surface area contributed by atoms with Gasteiger partial charge in [0.1, 0.15) is 17.6 Å². The van der Waals surface area contributed by atoms with Gasteiger partial charge in [0, 0.05) is 24.8 Å². The monoisotopic (exact) mass is 336 g/mol. The van der Waals surface area contributed by atoms with E-state index in [0.29, 0.717) is 17.3 Å². The Hall–Kier alpha value is -3.14. The highest BCUT2D eigenvalue weighted by molar-refractivity contribution is 6.07. The lowest BCUT2D eigenvalue weighted by Crippen LogP contribution is -2.17. The zero-order chi connectivity index (χ0) is 17.5. The highest BCUT2D eigenvalue weighted by atomic mass is 16.1. The standard InChI is InChI=1S/C18H20N6O/c19-12-13-11-16-23-17(25)14-7-3-4-8-15(14)20-9-5-1-2-6-10-21-18(22-13)24-16/h3-4,7-8,11,20H,1-2,5-6,9-10H2,(H2,21,22,23,24,25). The van der Waals surface area contributed by atoms with Gasteiger partial charge >= 0.3 is 0 Å². The summed E-state index contributed by atoms with van der Waals surface area (Å²) in [6.07, 6.45) is 4.24. The van der Waals surface area contributed by atoms with Crippen molar-refractivity contribution in [2.45, 2.75) is 25.7 Å². The SMILES string of the molecule is N#Cc1cc2nc(n1)NCCCCCCNc1ccccc1C(=O)N2. The number of hydrogen-bond acceptors (Lipinski definition) is 6. The van der Waals surface area contributed by atoms with Crippen molar-refractivity contribution in [3.63, 3.8) is 0 Å². The average molecular weight is 336 g/mol. The van der Waals surface area contributed by atoms with Crippen molar-refractivity contribution >= 4 is 23.4 Å². The molecule has 1 aromatic heterocycles. The Morgan fingerprint density at radius 2 is 1.76 bits per heavy atom. The van der Waals surface area contributed by atoms with Crippen molar-refractivity contribution in [1.82, 2.24) is 9.97 Å². The molecule has 0 atom stereocenters. The first-order valence-electron chi connectivity index (χ1n) is 8.43. The predicted molar refractivity (Wildman–Crippen MR) is 96.6 cm³/mol. The molecule has 2 bridgehead atoms. The van der Waals surface area contributed by atoms with Crippen molar-refractivity contribution in [2.75, 3.05) is 29.0 Å². The summed E-state index contributed by atoms with van der Waals surface area (Å²) < 4.78 is 0. The fraction of sp³-hybridized carbons (Fsp3) is 0.333. The Balaban J connectivity index is 1.91. The van der Waals surface area contributed by atoms with Crippen LogP contribution in [0.5, 0.6) is 0 Å². The van der Waals surface area contributed by atoms with E-state index in [0.717, 1.165) is 44.5 Å². The second kappa shape index (κ2) is 8.11. The lowest BCUT2D eigenvalue weighted by atomic mass is 10.1. The largest absolute Gasteiger partial charge is 0.384 e. The predicted octanol–water partition coefficient (Wildman–Crippen LogP) is 3.00. The van der Waals surface area contributed by atoms with Gasteiger partial charge in [0.2, 0.25) is 5.95 Å². The zero-order valence-electron chi connectivity index (χ0n) is 13.9. The second-order valence-electron chi connectivity index (χ2n) is 5.84. The summed E-state index contributed by atoms with van der Waals surface area (Å²) in [5.74, 6) is 0.394. The van der Waals surface area contributed by atoms with E-state index >= 15 is 0 Å². The third kappa shape index (κ3) is 4.44. The van der Waals surface area contributed by atoms with E-state index in [1.54, 1.807) is 6.07 Å². The highest BCUT2D eigenvalue weighted by Crippen LogP contribution is 2.18. The molecule has 0 saturated carbocycles. The van der Waals surface area contributed by atoms with E-state index in [-0.39, 0.29) is 11.6 Å². The molecule has 1 amide bonds. The smallest absolute Gasteiger partial charge is 0.258 e. The van der Waals surface area contributed by atoms with Gasteiger partial charge in [-0.2, -0.15) is 10.2 Å². The molecule has 25 heavy (non-hydrogen) atoms. The van der Waals surface area contributed by atoms with Crippen molar-refractivity contribution in [3.8, 4) is 6.07 Å². The van der Waals surface area contributed by atoms with Gasteiger partial charge < -0.3 is 16.0 Å². The Bertz CT molecular complexity index is 798. The molecule has 2 aromatic rings. The van der Waals surface area contributed by atoms with E-state index in [1.165, 1.54) is 6.07 Å². The number of benzene rings is 1. The molecule has 0 aliphatic carbocycles. The molecular weight excluding hydrogens is 316 g/mol. The molecule has 7 nitrogen and oxygen atoms in total. The fourth-order valence-corrected chi connectivity index (χ4v) is 2.69. The van der Waals surface area contributed by atoms with Gasteiger partial charge in [-0.15, -0.1) is 0 Å². The van der Waals surface area contributed by atoms with E-state index < -0.39 is 0 Å². The van der Waals surface area contributed by atoms with Crippen molar-refractivity contribution in [1.29, 1.82) is 5.26 Å².